The highest BCUT2D eigenvalue weighted by atomic mass is 16.4. The molecule has 0 fully saturated rings. The molecular weight excluding hydrogens is 168 g/mol. The summed E-state index contributed by atoms with van der Waals surface area (Å²) in [6.45, 7) is 1.96. The quantitative estimate of drug-likeness (QED) is 0.706. The summed E-state index contributed by atoms with van der Waals surface area (Å²) in [4.78, 5) is 3.81. The molecule has 2 aromatic heterocycles. The third kappa shape index (κ3) is 1.28. The first-order valence-electron chi connectivity index (χ1n) is 3.89. The molecule has 0 spiro atoms. The lowest BCUT2D eigenvalue weighted by atomic mass is 10.2. The summed E-state index contributed by atoms with van der Waals surface area (Å²) in [6, 6.07) is 0.167. The molecule has 0 radical (unpaired) electrons. The van der Waals surface area contributed by atoms with Crippen molar-refractivity contribution in [1.29, 1.82) is 0 Å². The Hall–Kier alpha value is -1.78. The summed E-state index contributed by atoms with van der Waals surface area (Å²) in [5, 5.41) is 4.22. The predicted molar refractivity (Wildman–Crippen MR) is 47.9 cm³/mol. The molecule has 2 N–H and O–H groups in total. The Balaban J connectivity index is 2.51. The van der Waals surface area contributed by atoms with E-state index in [0.717, 1.165) is 11.3 Å². The highest BCUT2D eigenvalue weighted by Crippen LogP contribution is 2.22. The van der Waals surface area contributed by atoms with Gasteiger partial charge in [0, 0.05) is 13.2 Å². The Bertz CT molecular complexity index is 429. The number of nitrogens with two attached hydrogens (primary N) is 1. The Morgan fingerprint density at radius 1 is 1.54 bits per heavy atom. The molecule has 0 aliphatic carbocycles. The lowest BCUT2D eigenvalue weighted by Crippen LogP contribution is -1.86. The van der Waals surface area contributed by atoms with Crippen LogP contribution in [0.4, 0.5) is 6.01 Å². The number of aromatic nitrogens is 3. The molecule has 0 aliphatic rings. The van der Waals surface area contributed by atoms with Crippen molar-refractivity contribution in [2.45, 2.75) is 6.92 Å². The minimum Gasteiger partial charge on any atom is -0.422 e. The first kappa shape index (κ1) is 7.85. The SMILES string of the molecule is Cc1cn(C)nc1-c1cnc(N)o1. The van der Waals surface area contributed by atoms with E-state index < -0.39 is 0 Å². The minimum atomic E-state index is 0.167. The van der Waals surface area contributed by atoms with Gasteiger partial charge in [0.2, 0.25) is 0 Å². The topological polar surface area (TPSA) is 69.9 Å². The van der Waals surface area contributed by atoms with Gasteiger partial charge in [0.1, 0.15) is 5.69 Å². The van der Waals surface area contributed by atoms with Crippen LogP contribution in [0.1, 0.15) is 5.56 Å². The zero-order valence-corrected chi connectivity index (χ0v) is 7.48. The third-order valence-electron chi connectivity index (χ3n) is 1.77. The molecule has 2 heterocycles. The number of hydrogen-bond acceptors (Lipinski definition) is 4. The highest BCUT2D eigenvalue weighted by molar-refractivity contribution is 5.55. The van der Waals surface area contributed by atoms with Gasteiger partial charge in [-0.25, -0.2) is 4.98 Å². The monoisotopic (exact) mass is 178 g/mol. The van der Waals surface area contributed by atoms with Crippen LogP contribution in [0.25, 0.3) is 11.5 Å². The molecule has 0 aromatic carbocycles. The lowest BCUT2D eigenvalue weighted by molar-refractivity contribution is 0.590. The van der Waals surface area contributed by atoms with Gasteiger partial charge in [0.15, 0.2) is 5.76 Å². The van der Waals surface area contributed by atoms with Gasteiger partial charge >= 0.3 is 0 Å². The number of hydrogen-bond donors (Lipinski definition) is 1. The van der Waals surface area contributed by atoms with E-state index in [1.165, 1.54) is 0 Å². The molecule has 0 saturated heterocycles. The lowest BCUT2D eigenvalue weighted by Gasteiger charge is -1.89. The summed E-state index contributed by atoms with van der Waals surface area (Å²) in [6.07, 6.45) is 3.48. The van der Waals surface area contributed by atoms with E-state index in [-0.39, 0.29) is 6.01 Å². The van der Waals surface area contributed by atoms with Crippen molar-refractivity contribution in [2.24, 2.45) is 7.05 Å². The molecule has 5 heteroatoms. The van der Waals surface area contributed by atoms with Crippen LogP contribution in [-0.4, -0.2) is 14.8 Å². The Kier molecular flexibility index (Phi) is 1.58. The molecule has 5 nitrogen and oxygen atoms in total. The van der Waals surface area contributed by atoms with Crippen molar-refractivity contribution in [1.82, 2.24) is 14.8 Å². The molecular formula is C8H10N4O. The van der Waals surface area contributed by atoms with E-state index >= 15 is 0 Å². The summed E-state index contributed by atoms with van der Waals surface area (Å²) in [5.41, 5.74) is 7.18. The van der Waals surface area contributed by atoms with Crippen LogP contribution in [0, 0.1) is 6.92 Å². The fourth-order valence-corrected chi connectivity index (χ4v) is 1.25. The largest absolute Gasteiger partial charge is 0.422 e. The standard InChI is InChI=1S/C8H10N4O/c1-5-4-12(2)11-7(5)6-3-10-8(9)13-6/h3-4H,1-2H3,(H2,9,10). The van der Waals surface area contributed by atoms with Crippen LogP contribution in [-0.2, 0) is 7.05 Å². The minimum absolute atomic E-state index is 0.167. The normalized spacial score (nSPS) is 10.6. The summed E-state index contributed by atoms with van der Waals surface area (Å²) < 4.78 is 6.88. The van der Waals surface area contributed by atoms with Crippen molar-refractivity contribution >= 4 is 6.01 Å². The smallest absolute Gasteiger partial charge is 0.292 e. The fourth-order valence-electron chi connectivity index (χ4n) is 1.25. The van der Waals surface area contributed by atoms with Crippen LogP contribution < -0.4 is 5.73 Å². The maximum atomic E-state index is 5.36. The average Bonchev–Trinajstić information content (AvgIpc) is 2.58. The second-order valence-corrected chi connectivity index (χ2v) is 2.90. The van der Waals surface area contributed by atoms with E-state index in [0.29, 0.717) is 5.76 Å². The number of rotatable bonds is 1. The Morgan fingerprint density at radius 3 is 2.77 bits per heavy atom. The molecule has 0 amide bonds. The summed E-state index contributed by atoms with van der Waals surface area (Å²) >= 11 is 0. The number of oxazole rings is 1. The highest BCUT2D eigenvalue weighted by Gasteiger charge is 2.10. The van der Waals surface area contributed by atoms with Crippen molar-refractivity contribution in [3.63, 3.8) is 0 Å². The van der Waals surface area contributed by atoms with Gasteiger partial charge in [-0.15, -0.1) is 0 Å². The van der Waals surface area contributed by atoms with Gasteiger partial charge in [-0.1, -0.05) is 0 Å². The van der Waals surface area contributed by atoms with Gasteiger partial charge in [-0.2, -0.15) is 5.10 Å². The average molecular weight is 178 g/mol. The predicted octanol–water partition coefficient (Wildman–Crippen LogP) is 0.966. The zero-order chi connectivity index (χ0) is 9.42. The zero-order valence-electron chi connectivity index (χ0n) is 7.48. The summed E-state index contributed by atoms with van der Waals surface area (Å²) in [7, 11) is 1.86. The van der Waals surface area contributed by atoms with Crippen LogP contribution in [0.5, 0.6) is 0 Å². The van der Waals surface area contributed by atoms with Gasteiger partial charge in [-0.3, -0.25) is 4.68 Å². The van der Waals surface area contributed by atoms with E-state index in [2.05, 4.69) is 10.1 Å². The van der Waals surface area contributed by atoms with Crippen molar-refractivity contribution in [3.05, 3.63) is 18.0 Å². The van der Waals surface area contributed by atoms with Crippen LogP contribution >= 0.6 is 0 Å². The second kappa shape index (κ2) is 2.62. The molecule has 0 atom stereocenters. The fraction of sp³-hybridized carbons (Fsp3) is 0.250. The molecule has 0 saturated carbocycles. The number of nitrogens with zero attached hydrogens (tertiary/aromatic N) is 3. The van der Waals surface area contributed by atoms with Gasteiger partial charge in [-0.05, 0) is 12.5 Å². The maximum absolute atomic E-state index is 5.36. The van der Waals surface area contributed by atoms with Gasteiger partial charge in [0.05, 0.1) is 6.20 Å². The van der Waals surface area contributed by atoms with E-state index in [4.69, 9.17) is 10.2 Å². The van der Waals surface area contributed by atoms with Crippen molar-refractivity contribution in [2.75, 3.05) is 5.73 Å². The summed E-state index contributed by atoms with van der Waals surface area (Å²) in [5.74, 6) is 0.607. The number of aryl methyl sites for hydroxylation is 2. The Labute approximate surface area is 75.2 Å². The molecule has 0 bridgehead atoms. The van der Waals surface area contributed by atoms with Crippen LogP contribution in [0.15, 0.2) is 16.8 Å². The molecule has 0 unspecified atom stereocenters. The van der Waals surface area contributed by atoms with E-state index in [1.54, 1.807) is 10.9 Å². The van der Waals surface area contributed by atoms with Crippen molar-refractivity contribution < 1.29 is 4.42 Å². The van der Waals surface area contributed by atoms with Crippen LogP contribution in [0.2, 0.25) is 0 Å². The first-order chi connectivity index (χ1) is 6.16. The van der Waals surface area contributed by atoms with E-state index in [9.17, 15) is 0 Å². The maximum Gasteiger partial charge on any atom is 0.292 e. The molecule has 2 aromatic rings. The Morgan fingerprint density at radius 2 is 2.31 bits per heavy atom. The van der Waals surface area contributed by atoms with Crippen LogP contribution in [0.3, 0.4) is 0 Å². The number of anilines is 1. The molecule has 2 rings (SSSR count). The second-order valence-electron chi connectivity index (χ2n) is 2.90. The molecule has 13 heavy (non-hydrogen) atoms. The third-order valence-corrected chi connectivity index (χ3v) is 1.77. The molecule has 68 valence electrons. The first-order valence-corrected chi connectivity index (χ1v) is 3.89. The van der Waals surface area contributed by atoms with Gasteiger partial charge in [0.25, 0.3) is 6.01 Å². The van der Waals surface area contributed by atoms with E-state index in [1.807, 2.05) is 20.2 Å². The van der Waals surface area contributed by atoms with Gasteiger partial charge < -0.3 is 10.2 Å². The van der Waals surface area contributed by atoms with Crippen molar-refractivity contribution in [3.8, 4) is 11.5 Å². The molecule has 0 aliphatic heterocycles. The number of nitrogen functional groups attached to an aromatic ring is 1.